The highest BCUT2D eigenvalue weighted by molar-refractivity contribution is 7.90. The van der Waals surface area contributed by atoms with Crippen LogP contribution in [-0.2, 0) is 19.4 Å². The molecule has 1 N–H and O–H groups in total. The van der Waals surface area contributed by atoms with Gasteiger partial charge in [0.1, 0.15) is 5.75 Å². The van der Waals surface area contributed by atoms with Crippen molar-refractivity contribution < 1.29 is 27.5 Å². The molecule has 7 nitrogen and oxygen atoms in total. The van der Waals surface area contributed by atoms with Gasteiger partial charge < -0.3 is 14.8 Å². The van der Waals surface area contributed by atoms with Crippen molar-refractivity contribution in [3.63, 3.8) is 0 Å². The molecule has 0 radical (unpaired) electrons. The Morgan fingerprint density at radius 3 is 2.33 bits per heavy atom. The van der Waals surface area contributed by atoms with E-state index in [1.165, 1.54) is 24.3 Å². The van der Waals surface area contributed by atoms with Gasteiger partial charge in [0.25, 0.3) is 5.91 Å². The van der Waals surface area contributed by atoms with E-state index in [2.05, 4.69) is 5.32 Å². The molecule has 0 fully saturated rings. The summed E-state index contributed by atoms with van der Waals surface area (Å²) in [7, 11) is -3.50. The highest BCUT2D eigenvalue weighted by Gasteiger charge is 2.17. The second-order valence-corrected chi connectivity index (χ2v) is 9.88. The van der Waals surface area contributed by atoms with E-state index in [0.29, 0.717) is 27.8 Å². The number of carbonyl (C=O) groups excluding carboxylic acids is 2. The number of carbonyl (C=O) groups is 2. The maximum absolute atomic E-state index is 12.4. The molecule has 3 aromatic carbocycles. The lowest BCUT2D eigenvalue weighted by molar-refractivity contribution is -0.119. The molecular weight excluding hydrogens is 466 g/mol. The van der Waals surface area contributed by atoms with Crippen molar-refractivity contribution in [3.8, 4) is 11.5 Å². The fraction of sp³-hybridized carbons (Fsp3) is 0.167. The Hall–Kier alpha value is -3.36. The first-order valence-corrected chi connectivity index (χ1v) is 12.1. The molecule has 33 heavy (non-hydrogen) atoms. The number of hydrogen-bond acceptors (Lipinski definition) is 6. The average molecular weight is 488 g/mol. The van der Waals surface area contributed by atoms with E-state index in [1.54, 1.807) is 31.2 Å². The van der Waals surface area contributed by atoms with Crippen LogP contribution in [0, 0.1) is 13.8 Å². The molecule has 0 atom stereocenters. The van der Waals surface area contributed by atoms with E-state index in [-0.39, 0.29) is 10.5 Å². The molecule has 1 amide bonds. The van der Waals surface area contributed by atoms with Gasteiger partial charge in [0.05, 0.1) is 16.1 Å². The second kappa shape index (κ2) is 10.1. The lowest BCUT2D eigenvalue weighted by Crippen LogP contribution is -2.21. The Balaban J connectivity index is 1.69. The zero-order valence-electron chi connectivity index (χ0n) is 18.2. The van der Waals surface area contributed by atoms with E-state index in [0.717, 1.165) is 11.8 Å². The van der Waals surface area contributed by atoms with Crippen molar-refractivity contribution in [3.05, 3.63) is 82.4 Å². The van der Waals surface area contributed by atoms with E-state index < -0.39 is 28.3 Å². The monoisotopic (exact) mass is 487 g/mol. The first-order chi connectivity index (χ1) is 15.5. The van der Waals surface area contributed by atoms with Crippen LogP contribution >= 0.6 is 11.6 Å². The van der Waals surface area contributed by atoms with Crippen molar-refractivity contribution in [2.24, 2.45) is 0 Å². The number of ether oxygens (including phenoxy) is 2. The van der Waals surface area contributed by atoms with Crippen LogP contribution in [0.1, 0.15) is 21.5 Å². The van der Waals surface area contributed by atoms with Crippen LogP contribution in [0.15, 0.2) is 65.6 Å². The molecule has 0 aromatic heterocycles. The second-order valence-electron chi connectivity index (χ2n) is 7.43. The van der Waals surface area contributed by atoms with Crippen LogP contribution in [0.3, 0.4) is 0 Å². The molecule has 3 aromatic rings. The number of rotatable bonds is 7. The van der Waals surface area contributed by atoms with Crippen molar-refractivity contribution >= 4 is 39.0 Å². The molecule has 0 bridgehead atoms. The molecule has 0 unspecified atom stereocenters. The van der Waals surface area contributed by atoms with Crippen LogP contribution in [0.2, 0.25) is 5.02 Å². The third-order valence-electron chi connectivity index (χ3n) is 4.66. The predicted molar refractivity (Wildman–Crippen MR) is 126 cm³/mol. The number of anilines is 1. The number of benzene rings is 3. The van der Waals surface area contributed by atoms with Gasteiger partial charge in [0.2, 0.25) is 0 Å². The molecular formula is C24H22ClNO6S. The highest BCUT2D eigenvalue weighted by Crippen LogP contribution is 2.32. The van der Waals surface area contributed by atoms with Crippen molar-refractivity contribution in [1.29, 1.82) is 0 Å². The quantitative estimate of drug-likeness (QED) is 0.473. The first kappa shape index (κ1) is 24.3. The zero-order chi connectivity index (χ0) is 24.2. The summed E-state index contributed by atoms with van der Waals surface area (Å²) in [5.41, 5.74) is 1.97. The summed E-state index contributed by atoms with van der Waals surface area (Å²) in [5.74, 6) is -0.489. The molecule has 9 heteroatoms. The van der Waals surface area contributed by atoms with Crippen molar-refractivity contribution in [2.75, 3.05) is 18.2 Å². The topological polar surface area (TPSA) is 98.8 Å². The smallest absolute Gasteiger partial charge is 0.338 e. The highest BCUT2D eigenvalue weighted by atomic mass is 35.5. The molecule has 0 saturated carbocycles. The van der Waals surface area contributed by atoms with Gasteiger partial charge in [-0.15, -0.1) is 0 Å². The lowest BCUT2D eigenvalue weighted by Gasteiger charge is -2.13. The largest absolute Gasteiger partial charge is 0.455 e. The summed E-state index contributed by atoms with van der Waals surface area (Å²) in [6.45, 7) is 3.01. The summed E-state index contributed by atoms with van der Waals surface area (Å²) in [6.07, 6.45) is 1.04. The van der Waals surface area contributed by atoms with E-state index in [1.807, 2.05) is 19.1 Å². The Kier molecular flexibility index (Phi) is 7.40. The van der Waals surface area contributed by atoms with Gasteiger partial charge in [-0.25, -0.2) is 13.2 Å². The summed E-state index contributed by atoms with van der Waals surface area (Å²) < 4.78 is 34.4. The van der Waals surface area contributed by atoms with E-state index >= 15 is 0 Å². The average Bonchev–Trinajstić information content (AvgIpc) is 2.75. The number of esters is 1. The van der Waals surface area contributed by atoms with Crippen LogP contribution in [-0.4, -0.2) is 33.2 Å². The molecule has 0 saturated heterocycles. The molecule has 0 aliphatic rings. The first-order valence-electron chi connectivity index (χ1n) is 9.84. The molecule has 0 aliphatic carbocycles. The van der Waals surface area contributed by atoms with Gasteiger partial charge in [0, 0.05) is 11.3 Å². The predicted octanol–water partition coefficient (Wildman–Crippen LogP) is 4.95. The molecule has 0 spiro atoms. The lowest BCUT2D eigenvalue weighted by atomic mass is 10.1. The van der Waals surface area contributed by atoms with E-state index in [9.17, 15) is 18.0 Å². The number of halogens is 1. The fourth-order valence-corrected chi connectivity index (χ4v) is 3.69. The maximum atomic E-state index is 12.4. The third-order valence-corrected chi connectivity index (χ3v) is 6.00. The minimum Gasteiger partial charge on any atom is -0.455 e. The number of amides is 1. The van der Waals surface area contributed by atoms with Crippen molar-refractivity contribution in [1.82, 2.24) is 0 Å². The van der Waals surface area contributed by atoms with Gasteiger partial charge in [0.15, 0.2) is 22.2 Å². The Bertz CT molecular complexity index is 1300. The normalized spacial score (nSPS) is 11.0. The van der Waals surface area contributed by atoms with Gasteiger partial charge in [-0.2, -0.15) is 0 Å². The summed E-state index contributed by atoms with van der Waals surface area (Å²) in [5, 5.41) is 3.00. The van der Waals surface area contributed by atoms with Crippen LogP contribution in [0.4, 0.5) is 5.69 Å². The Morgan fingerprint density at radius 1 is 0.970 bits per heavy atom. The zero-order valence-corrected chi connectivity index (χ0v) is 19.8. The number of nitrogens with one attached hydrogen (secondary N) is 1. The van der Waals surface area contributed by atoms with Gasteiger partial charge in [-0.1, -0.05) is 35.4 Å². The van der Waals surface area contributed by atoms with Crippen molar-refractivity contribution in [2.45, 2.75) is 18.7 Å². The summed E-state index contributed by atoms with van der Waals surface area (Å²) in [4.78, 5) is 24.9. The maximum Gasteiger partial charge on any atom is 0.338 e. The minimum atomic E-state index is -3.50. The minimum absolute atomic E-state index is 0.0127. The number of hydrogen-bond donors (Lipinski definition) is 1. The number of aryl methyl sites for hydroxylation is 2. The third kappa shape index (κ3) is 6.57. The van der Waals surface area contributed by atoms with Gasteiger partial charge in [-0.3, -0.25) is 4.79 Å². The van der Waals surface area contributed by atoms with Gasteiger partial charge in [-0.05, 0) is 61.9 Å². The SMILES string of the molecule is Cc1ccc(Oc2ccc(Cl)cc2NC(=O)COC(=O)c2cc(S(C)(=O)=O)ccc2C)cc1. The standard InChI is InChI=1S/C24H22ClNO6S/c1-15-4-8-18(9-5-15)32-22-11-7-17(25)12-21(22)26-23(27)14-31-24(28)20-13-19(33(3,29)30)10-6-16(20)2/h4-13H,14H2,1-3H3,(H,26,27). The summed E-state index contributed by atoms with van der Waals surface area (Å²) in [6, 6.07) is 16.3. The Labute approximate surface area is 197 Å². The molecule has 0 heterocycles. The molecule has 172 valence electrons. The van der Waals surface area contributed by atoms with E-state index in [4.69, 9.17) is 21.1 Å². The van der Waals surface area contributed by atoms with Gasteiger partial charge >= 0.3 is 5.97 Å². The summed E-state index contributed by atoms with van der Waals surface area (Å²) >= 11 is 6.06. The van der Waals surface area contributed by atoms with Crippen LogP contribution < -0.4 is 10.1 Å². The number of sulfone groups is 1. The Morgan fingerprint density at radius 2 is 1.67 bits per heavy atom. The molecule has 0 aliphatic heterocycles. The van der Waals surface area contributed by atoms with Crippen LogP contribution in [0.25, 0.3) is 0 Å². The van der Waals surface area contributed by atoms with Crippen LogP contribution in [0.5, 0.6) is 11.5 Å². The molecule has 3 rings (SSSR count). The fourth-order valence-electron chi connectivity index (χ4n) is 2.87.